The molecule has 0 aromatic heterocycles. The molecule has 0 rings (SSSR count). The molecule has 1 atom stereocenters. The molecule has 0 N–H and O–H groups in total. The van der Waals surface area contributed by atoms with Gasteiger partial charge in [0.1, 0.15) is 0 Å². The van der Waals surface area contributed by atoms with E-state index in [1.54, 1.807) is 0 Å². The minimum atomic E-state index is -1.50. The molecule has 0 spiro atoms. The third kappa shape index (κ3) is 8.10. The van der Waals surface area contributed by atoms with Crippen molar-refractivity contribution in [2.45, 2.75) is 51.9 Å². The molecule has 0 aliphatic carbocycles. The fraction of sp³-hybridized carbons (Fsp3) is 1.00. The Hall–Kier alpha value is -0.513. The molecule has 4 nitrogen and oxygen atoms in total. The predicted molar refractivity (Wildman–Crippen MR) is 61.8 cm³/mol. The Morgan fingerprint density at radius 1 is 1.43 bits per heavy atom. The van der Waals surface area contributed by atoms with Gasteiger partial charge in [-0.3, -0.25) is 0 Å². The van der Waals surface area contributed by atoms with Crippen LogP contribution in [-0.2, 0) is 4.43 Å². The Morgan fingerprint density at radius 2 is 2.07 bits per heavy atom. The van der Waals surface area contributed by atoms with E-state index in [-0.39, 0.29) is 6.10 Å². The molecule has 0 amide bonds. The van der Waals surface area contributed by atoms with Crippen molar-refractivity contribution in [2.75, 3.05) is 6.54 Å². The van der Waals surface area contributed by atoms with Crippen LogP contribution < -0.4 is 0 Å². The van der Waals surface area contributed by atoms with Gasteiger partial charge in [-0.15, -0.1) is 0 Å². The maximum atomic E-state index is 8.25. The van der Waals surface area contributed by atoms with Crippen molar-refractivity contribution < 1.29 is 4.43 Å². The lowest BCUT2D eigenvalue weighted by Crippen LogP contribution is -2.33. The van der Waals surface area contributed by atoms with E-state index in [4.69, 9.17) is 9.96 Å². The second-order valence-electron chi connectivity index (χ2n) is 4.41. The van der Waals surface area contributed by atoms with E-state index < -0.39 is 8.32 Å². The molecular weight excluding hydrogens is 194 g/mol. The number of nitrogens with zero attached hydrogens (tertiary/aromatic N) is 3. The van der Waals surface area contributed by atoms with Crippen molar-refractivity contribution in [3.63, 3.8) is 0 Å². The second-order valence-corrected chi connectivity index (χ2v) is 8.87. The van der Waals surface area contributed by atoms with Gasteiger partial charge in [0.25, 0.3) is 0 Å². The lowest BCUT2D eigenvalue weighted by Gasteiger charge is -2.25. The zero-order valence-corrected chi connectivity index (χ0v) is 10.7. The van der Waals surface area contributed by atoms with Crippen LogP contribution in [0.4, 0.5) is 0 Å². The summed E-state index contributed by atoms with van der Waals surface area (Å²) in [6, 6.07) is 0. The quantitative estimate of drug-likeness (QED) is 0.276. The average Bonchev–Trinajstić information content (AvgIpc) is 2.07. The Labute approximate surface area is 87.4 Å². The Kier molecular flexibility index (Phi) is 6.62. The Bertz CT molecular complexity index is 197. The van der Waals surface area contributed by atoms with Crippen LogP contribution in [0.3, 0.4) is 0 Å². The number of unbranched alkanes of at least 4 members (excludes halogenated alkanes) is 1. The molecular formula is C9H21N3OSi. The van der Waals surface area contributed by atoms with Gasteiger partial charge in [0.2, 0.25) is 0 Å². The van der Waals surface area contributed by atoms with E-state index in [0.717, 1.165) is 19.3 Å². The molecule has 5 heteroatoms. The normalized spacial score (nSPS) is 13.4. The van der Waals surface area contributed by atoms with Crippen LogP contribution in [0, 0.1) is 0 Å². The lowest BCUT2D eigenvalue weighted by molar-refractivity contribution is 0.188. The maximum Gasteiger partial charge on any atom is 0.184 e. The van der Waals surface area contributed by atoms with Crippen LogP contribution in [0.2, 0.25) is 19.6 Å². The first kappa shape index (κ1) is 13.5. The van der Waals surface area contributed by atoms with Gasteiger partial charge in [0.05, 0.1) is 12.6 Å². The van der Waals surface area contributed by atoms with Gasteiger partial charge in [-0.25, -0.2) is 0 Å². The largest absolute Gasteiger partial charge is 0.415 e. The van der Waals surface area contributed by atoms with Gasteiger partial charge in [-0.05, 0) is 31.6 Å². The van der Waals surface area contributed by atoms with E-state index in [1.165, 1.54) is 0 Å². The van der Waals surface area contributed by atoms with E-state index in [9.17, 15) is 0 Å². The minimum Gasteiger partial charge on any atom is -0.415 e. The van der Waals surface area contributed by atoms with Crippen LogP contribution >= 0.6 is 0 Å². The summed E-state index contributed by atoms with van der Waals surface area (Å²) in [4.78, 5) is 2.77. The predicted octanol–water partition coefficient (Wildman–Crippen LogP) is 3.71. The first-order valence-electron chi connectivity index (χ1n) is 5.18. The Morgan fingerprint density at radius 3 is 2.50 bits per heavy atom. The fourth-order valence-electron chi connectivity index (χ4n) is 1.25. The summed E-state index contributed by atoms with van der Waals surface area (Å²) >= 11 is 0. The van der Waals surface area contributed by atoms with E-state index in [0.29, 0.717) is 6.54 Å². The SMILES string of the molecule is CCCC[C@@H](CN=[N+]=[N-])O[Si](C)(C)C. The fourth-order valence-corrected chi connectivity index (χ4v) is 2.44. The molecule has 0 bridgehead atoms. The molecule has 0 aliphatic heterocycles. The summed E-state index contributed by atoms with van der Waals surface area (Å²) in [7, 11) is -1.50. The van der Waals surface area contributed by atoms with Crippen molar-refractivity contribution in [1.82, 2.24) is 0 Å². The number of hydrogen-bond acceptors (Lipinski definition) is 2. The highest BCUT2D eigenvalue weighted by molar-refractivity contribution is 6.69. The smallest absolute Gasteiger partial charge is 0.184 e. The summed E-state index contributed by atoms with van der Waals surface area (Å²) < 4.78 is 5.92. The molecule has 0 aliphatic rings. The number of hydrogen-bond donors (Lipinski definition) is 0. The van der Waals surface area contributed by atoms with E-state index in [1.807, 2.05) is 0 Å². The van der Waals surface area contributed by atoms with Crippen LogP contribution in [0.1, 0.15) is 26.2 Å². The molecule has 0 fully saturated rings. The van der Waals surface area contributed by atoms with Crippen LogP contribution in [0.25, 0.3) is 10.4 Å². The molecule has 0 radical (unpaired) electrons. The zero-order valence-electron chi connectivity index (χ0n) is 9.66. The summed E-state index contributed by atoms with van der Waals surface area (Å²) in [5.41, 5.74) is 8.25. The third-order valence-corrected chi connectivity index (χ3v) is 2.79. The number of azide groups is 1. The zero-order chi connectivity index (χ0) is 11.0. The molecule has 0 aromatic carbocycles. The molecule has 0 saturated carbocycles. The van der Waals surface area contributed by atoms with Gasteiger partial charge >= 0.3 is 0 Å². The third-order valence-electron chi connectivity index (χ3n) is 1.75. The van der Waals surface area contributed by atoms with Crippen molar-refractivity contribution in [3.8, 4) is 0 Å². The summed E-state index contributed by atoms with van der Waals surface area (Å²) in [5, 5.41) is 3.59. The van der Waals surface area contributed by atoms with Crippen molar-refractivity contribution >= 4 is 8.32 Å². The first-order valence-corrected chi connectivity index (χ1v) is 8.59. The molecule has 0 heterocycles. The highest BCUT2D eigenvalue weighted by Gasteiger charge is 2.20. The van der Waals surface area contributed by atoms with Gasteiger partial charge in [0.15, 0.2) is 8.32 Å². The Balaban J connectivity index is 4.02. The van der Waals surface area contributed by atoms with Crippen molar-refractivity contribution in [1.29, 1.82) is 0 Å². The van der Waals surface area contributed by atoms with E-state index >= 15 is 0 Å². The second kappa shape index (κ2) is 6.87. The minimum absolute atomic E-state index is 0.123. The van der Waals surface area contributed by atoms with Gasteiger partial charge in [0, 0.05) is 4.91 Å². The molecule has 0 aromatic rings. The van der Waals surface area contributed by atoms with Crippen LogP contribution in [0.15, 0.2) is 5.11 Å². The molecule has 14 heavy (non-hydrogen) atoms. The molecule has 0 saturated heterocycles. The number of rotatable bonds is 7. The highest BCUT2D eigenvalue weighted by atomic mass is 28.4. The lowest BCUT2D eigenvalue weighted by atomic mass is 10.2. The topological polar surface area (TPSA) is 58.0 Å². The van der Waals surface area contributed by atoms with Crippen LogP contribution in [0.5, 0.6) is 0 Å². The van der Waals surface area contributed by atoms with Gasteiger partial charge < -0.3 is 4.43 Å². The maximum absolute atomic E-state index is 8.25. The summed E-state index contributed by atoms with van der Waals surface area (Å²) in [6.45, 7) is 9.09. The van der Waals surface area contributed by atoms with E-state index in [2.05, 4.69) is 36.6 Å². The standard InChI is InChI=1S/C9H21N3OSi/c1-5-6-7-9(8-11-12-10)13-14(2,3)4/h9H,5-8H2,1-4H3/t9-/m0/s1. The van der Waals surface area contributed by atoms with Crippen LogP contribution in [-0.4, -0.2) is 21.0 Å². The average molecular weight is 215 g/mol. The van der Waals surface area contributed by atoms with Gasteiger partial charge in [-0.1, -0.05) is 24.9 Å². The summed E-state index contributed by atoms with van der Waals surface area (Å²) in [5.74, 6) is 0. The molecule has 0 unspecified atom stereocenters. The molecule has 82 valence electrons. The monoisotopic (exact) mass is 215 g/mol. The highest BCUT2D eigenvalue weighted by Crippen LogP contribution is 2.13. The first-order chi connectivity index (χ1) is 6.49. The summed E-state index contributed by atoms with van der Waals surface area (Å²) in [6.07, 6.45) is 3.41. The van der Waals surface area contributed by atoms with Gasteiger partial charge in [-0.2, -0.15) is 0 Å². The van der Waals surface area contributed by atoms with Crippen molar-refractivity contribution in [3.05, 3.63) is 10.4 Å². The van der Waals surface area contributed by atoms with Crippen molar-refractivity contribution in [2.24, 2.45) is 5.11 Å².